The van der Waals surface area contributed by atoms with Gasteiger partial charge in [-0.3, -0.25) is 0 Å². The first kappa shape index (κ1) is 17.9. The third kappa shape index (κ3) is 7.61. The molecule has 1 rings (SSSR count). The van der Waals surface area contributed by atoms with E-state index in [1.54, 1.807) is 0 Å². The van der Waals surface area contributed by atoms with E-state index in [2.05, 4.69) is 19.2 Å². The van der Waals surface area contributed by atoms with Gasteiger partial charge in [-0.2, -0.15) is 0 Å². The molecule has 1 aliphatic carbocycles. The highest BCUT2D eigenvalue weighted by Gasteiger charge is 2.23. The number of ether oxygens (including phenoxy) is 1. The van der Waals surface area contributed by atoms with E-state index in [-0.39, 0.29) is 6.10 Å². The Bertz CT molecular complexity index is 223. The number of hydrogen-bond donors (Lipinski definition) is 2. The maximum absolute atomic E-state index is 9.95. The molecular formula is C17H35NO2. The van der Waals surface area contributed by atoms with Crippen LogP contribution in [0.2, 0.25) is 0 Å². The van der Waals surface area contributed by atoms with E-state index in [1.165, 1.54) is 51.4 Å². The summed E-state index contributed by atoms with van der Waals surface area (Å²) < 4.78 is 5.55. The normalized spacial score (nSPS) is 24.8. The SMILES string of the molecule is CCCCCCOCC(O)CNC1CCCCC1CC. The van der Waals surface area contributed by atoms with Gasteiger partial charge in [0.15, 0.2) is 0 Å². The average Bonchev–Trinajstić information content (AvgIpc) is 2.49. The van der Waals surface area contributed by atoms with Gasteiger partial charge in [0.2, 0.25) is 0 Å². The molecule has 0 spiro atoms. The fourth-order valence-electron chi connectivity index (χ4n) is 3.16. The first-order valence-corrected chi connectivity index (χ1v) is 8.77. The third-order valence-electron chi connectivity index (χ3n) is 4.50. The molecule has 1 fully saturated rings. The fourth-order valence-corrected chi connectivity index (χ4v) is 3.16. The van der Waals surface area contributed by atoms with Gasteiger partial charge in [0.05, 0.1) is 12.7 Å². The molecule has 1 aliphatic rings. The zero-order valence-corrected chi connectivity index (χ0v) is 13.6. The van der Waals surface area contributed by atoms with Crippen molar-refractivity contribution in [2.45, 2.75) is 83.8 Å². The first-order chi connectivity index (χ1) is 9.77. The minimum Gasteiger partial charge on any atom is -0.389 e. The molecule has 3 atom stereocenters. The lowest BCUT2D eigenvalue weighted by Crippen LogP contribution is -2.43. The predicted molar refractivity (Wildman–Crippen MR) is 85.0 cm³/mol. The van der Waals surface area contributed by atoms with Gasteiger partial charge in [-0.15, -0.1) is 0 Å². The molecule has 3 nitrogen and oxygen atoms in total. The summed E-state index contributed by atoms with van der Waals surface area (Å²) in [6.07, 6.45) is 11.1. The molecule has 0 heterocycles. The quantitative estimate of drug-likeness (QED) is 0.571. The number of aliphatic hydroxyl groups excluding tert-OH is 1. The third-order valence-corrected chi connectivity index (χ3v) is 4.50. The second kappa shape index (κ2) is 11.5. The summed E-state index contributed by atoms with van der Waals surface area (Å²) >= 11 is 0. The molecule has 0 aromatic rings. The Hall–Kier alpha value is -0.120. The predicted octanol–water partition coefficient (Wildman–Crippen LogP) is 3.50. The van der Waals surface area contributed by atoms with Gasteiger partial charge in [0.25, 0.3) is 0 Å². The highest BCUT2D eigenvalue weighted by atomic mass is 16.5. The monoisotopic (exact) mass is 285 g/mol. The Labute approximate surface area is 125 Å². The number of hydrogen-bond acceptors (Lipinski definition) is 3. The smallest absolute Gasteiger partial charge is 0.0897 e. The van der Waals surface area contributed by atoms with Crippen molar-refractivity contribution in [1.82, 2.24) is 5.32 Å². The van der Waals surface area contributed by atoms with Crippen LogP contribution in [0.1, 0.15) is 71.6 Å². The molecule has 120 valence electrons. The van der Waals surface area contributed by atoms with Gasteiger partial charge in [-0.05, 0) is 25.2 Å². The van der Waals surface area contributed by atoms with Crippen molar-refractivity contribution in [3.8, 4) is 0 Å². The molecule has 20 heavy (non-hydrogen) atoms. The Morgan fingerprint density at radius 1 is 1.15 bits per heavy atom. The van der Waals surface area contributed by atoms with Crippen LogP contribution in [-0.4, -0.2) is 37.0 Å². The lowest BCUT2D eigenvalue weighted by atomic mass is 9.83. The number of rotatable bonds is 11. The molecule has 0 bridgehead atoms. The van der Waals surface area contributed by atoms with E-state index >= 15 is 0 Å². The van der Waals surface area contributed by atoms with Crippen LogP contribution < -0.4 is 5.32 Å². The highest BCUT2D eigenvalue weighted by Crippen LogP contribution is 2.26. The van der Waals surface area contributed by atoms with Gasteiger partial charge in [0, 0.05) is 19.2 Å². The minimum absolute atomic E-state index is 0.361. The van der Waals surface area contributed by atoms with Crippen molar-refractivity contribution in [2.75, 3.05) is 19.8 Å². The minimum atomic E-state index is -0.361. The summed E-state index contributed by atoms with van der Waals surface area (Å²) in [5.74, 6) is 0.797. The molecular weight excluding hydrogens is 250 g/mol. The Balaban J connectivity index is 2.02. The maximum atomic E-state index is 9.95. The van der Waals surface area contributed by atoms with Crippen LogP contribution >= 0.6 is 0 Å². The maximum Gasteiger partial charge on any atom is 0.0897 e. The number of aliphatic hydroxyl groups is 1. The summed E-state index contributed by atoms with van der Waals surface area (Å²) in [7, 11) is 0. The number of unbranched alkanes of at least 4 members (excludes halogenated alkanes) is 3. The molecule has 2 N–H and O–H groups in total. The second-order valence-electron chi connectivity index (χ2n) is 6.26. The van der Waals surface area contributed by atoms with Gasteiger partial charge in [-0.25, -0.2) is 0 Å². The Morgan fingerprint density at radius 3 is 2.70 bits per heavy atom. The van der Waals surface area contributed by atoms with Crippen molar-refractivity contribution < 1.29 is 9.84 Å². The molecule has 0 aromatic heterocycles. The molecule has 3 unspecified atom stereocenters. The van der Waals surface area contributed by atoms with Crippen LogP contribution in [-0.2, 0) is 4.74 Å². The average molecular weight is 285 g/mol. The van der Waals surface area contributed by atoms with Crippen LogP contribution in [0, 0.1) is 5.92 Å². The molecule has 0 aromatic carbocycles. The molecule has 0 aliphatic heterocycles. The van der Waals surface area contributed by atoms with E-state index in [9.17, 15) is 5.11 Å². The van der Waals surface area contributed by atoms with E-state index < -0.39 is 0 Å². The van der Waals surface area contributed by atoms with Gasteiger partial charge < -0.3 is 15.2 Å². The van der Waals surface area contributed by atoms with E-state index in [1.807, 2.05) is 0 Å². The molecule has 3 heteroatoms. The summed E-state index contributed by atoms with van der Waals surface area (Å²) in [4.78, 5) is 0. The van der Waals surface area contributed by atoms with Crippen molar-refractivity contribution >= 4 is 0 Å². The Kier molecular flexibility index (Phi) is 10.3. The van der Waals surface area contributed by atoms with Gasteiger partial charge in [0.1, 0.15) is 0 Å². The summed E-state index contributed by atoms with van der Waals surface area (Å²) in [6.45, 7) is 6.43. The van der Waals surface area contributed by atoms with E-state index in [4.69, 9.17) is 4.74 Å². The van der Waals surface area contributed by atoms with Crippen LogP contribution in [0.15, 0.2) is 0 Å². The molecule has 1 saturated carbocycles. The van der Waals surface area contributed by atoms with Crippen molar-refractivity contribution in [3.05, 3.63) is 0 Å². The lowest BCUT2D eigenvalue weighted by molar-refractivity contribution is 0.0320. The topological polar surface area (TPSA) is 41.5 Å². The summed E-state index contributed by atoms with van der Waals surface area (Å²) in [5.41, 5.74) is 0. The number of nitrogens with one attached hydrogen (secondary N) is 1. The highest BCUT2D eigenvalue weighted by molar-refractivity contribution is 4.80. The lowest BCUT2D eigenvalue weighted by Gasteiger charge is -2.32. The van der Waals surface area contributed by atoms with Crippen molar-refractivity contribution in [3.63, 3.8) is 0 Å². The zero-order chi connectivity index (χ0) is 14.6. The van der Waals surface area contributed by atoms with E-state index in [0.717, 1.165) is 18.9 Å². The van der Waals surface area contributed by atoms with Crippen LogP contribution in [0.25, 0.3) is 0 Å². The van der Waals surface area contributed by atoms with E-state index in [0.29, 0.717) is 19.2 Å². The summed E-state index contributed by atoms with van der Waals surface area (Å²) in [6, 6.07) is 0.605. The summed E-state index contributed by atoms with van der Waals surface area (Å²) in [5, 5.41) is 13.5. The van der Waals surface area contributed by atoms with Crippen LogP contribution in [0.5, 0.6) is 0 Å². The van der Waals surface area contributed by atoms with Gasteiger partial charge in [-0.1, -0.05) is 52.4 Å². The fraction of sp³-hybridized carbons (Fsp3) is 1.00. The van der Waals surface area contributed by atoms with Crippen LogP contribution in [0.3, 0.4) is 0 Å². The second-order valence-corrected chi connectivity index (χ2v) is 6.26. The van der Waals surface area contributed by atoms with Crippen LogP contribution in [0.4, 0.5) is 0 Å². The Morgan fingerprint density at radius 2 is 1.95 bits per heavy atom. The first-order valence-electron chi connectivity index (χ1n) is 8.77. The standard InChI is InChI=1S/C17H35NO2/c1-3-5-6-9-12-20-14-16(19)13-18-17-11-8-7-10-15(17)4-2/h15-19H,3-14H2,1-2H3. The van der Waals surface area contributed by atoms with Crippen molar-refractivity contribution in [1.29, 1.82) is 0 Å². The zero-order valence-electron chi connectivity index (χ0n) is 13.6. The largest absolute Gasteiger partial charge is 0.389 e. The van der Waals surface area contributed by atoms with Crippen molar-refractivity contribution in [2.24, 2.45) is 5.92 Å². The van der Waals surface area contributed by atoms with Gasteiger partial charge >= 0.3 is 0 Å². The molecule has 0 saturated heterocycles. The molecule has 0 amide bonds. The molecule has 0 radical (unpaired) electrons.